The summed E-state index contributed by atoms with van der Waals surface area (Å²) in [4.78, 5) is 0.338. The van der Waals surface area contributed by atoms with Gasteiger partial charge >= 0.3 is 0 Å². The Hall–Kier alpha value is -2.24. The zero-order chi connectivity index (χ0) is 28.5. The van der Waals surface area contributed by atoms with Crippen molar-refractivity contribution < 1.29 is 31.4 Å². The lowest BCUT2D eigenvalue weighted by Gasteiger charge is -2.38. The number of aliphatic hydroxyl groups is 1. The molecule has 2 aliphatic rings. The number of piperidine rings is 1. The Labute approximate surface area is 238 Å². The van der Waals surface area contributed by atoms with Crippen LogP contribution in [-0.2, 0) is 24.8 Å². The third-order valence-corrected chi connectivity index (χ3v) is 11.6. The van der Waals surface area contributed by atoms with E-state index in [-0.39, 0.29) is 29.0 Å². The largest absolute Gasteiger partial charge is 0.491 e. The standard InChI is InChI=1S/C25H33N5O7S3/c1-29(2)39(32,33)21-5-3-4-20(12-21)36-17-19(31)15-26-18-14-25(37-16-18)8-10-30(11-9-25)40(34,35)22-6-7-23-24(13-22)28-38-27-23/h3-7,12-13,18-19,26,31H,8-11,14-17H2,1-2H3. The number of nitrogens with zero attached hydrogens (tertiary/aromatic N) is 4. The smallest absolute Gasteiger partial charge is 0.243 e. The highest BCUT2D eigenvalue weighted by atomic mass is 32.2. The quantitative estimate of drug-likeness (QED) is 0.343. The lowest BCUT2D eigenvalue weighted by Crippen LogP contribution is -2.47. The molecule has 2 saturated heterocycles. The van der Waals surface area contributed by atoms with Crippen LogP contribution in [0, 0.1) is 0 Å². The van der Waals surface area contributed by atoms with Crippen LogP contribution < -0.4 is 10.1 Å². The van der Waals surface area contributed by atoms with E-state index in [4.69, 9.17) is 9.47 Å². The number of rotatable bonds is 10. The Bertz CT molecular complexity index is 1550. The Morgan fingerprint density at radius 2 is 1.88 bits per heavy atom. The highest BCUT2D eigenvalue weighted by Gasteiger charge is 2.44. The van der Waals surface area contributed by atoms with E-state index in [2.05, 4.69) is 14.1 Å². The lowest BCUT2D eigenvalue weighted by molar-refractivity contribution is -0.0312. The van der Waals surface area contributed by atoms with Gasteiger partial charge in [0.2, 0.25) is 20.0 Å². The van der Waals surface area contributed by atoms with Crippen molar-refractivity contribution in [3.8, 4) is 5.75 Å². The van der Waals surface area contributed by atoms with Gasteiger partial charge in [0.15, 0.2) is 0 Å². The van der Waals surface area contributed by atoms with Crippen LogP contribution in [0.4, 0.5) is 0 Å². The number of benzene rings is 2. The minimum absolute atomic E-state index is 0.00718. The van der Waals surface area contributed by atoms with Crippen LogP contribution >= 0.6 is 11.7 Å². The first-order valence-electron chi connectivity index (χ1n) is 12.9. The second-order valence-corrected chi connectivity index (χ2v) is 15.0. The van der Waals surface area contributed by atoms with Gasteiger partial charge in [-0.05, 0) is 49.6 Å². The van der Waals surface area contributed by atoms with Gasteiger partial charge in [0.05, 0.1) is 33.7 Å². The molecule has 2 atom stereocenters. The van der Waals surface area contributed by atoms with Crippen LogP contribution in [0.25, 0.3) is 11.0 Å². The minimum Gasteiger partial charge on any atom is -0.491 e. The van der Waals surface area contributed by atoms with Crippen molar-refractivity contribution in [3.05, 3.63) is 42.5 Å². The fourth-order valence-electron chi connectivity index (χ4n) is 5.02. The maximum absolute atomic E-state index is 13.2. The Kier molecular flexibility index (Phi) is 8.46. The molecule has 3 heterocycles. The molecule has 0 radical (unpaired) electrons. The maximum atomic E-state index is 13.2. The maximum Gasteiger partial charge on any atom is 0.243 e. The molecule has 218 valence electrons. The average Bonchev–Trinajstić information content (AvgIpc) is 3.57. The van der Waals surface area contributed by atoms with Crippen molar-refractivity contribution in [1.82, 2.24) is 22.7 Å². The van der Waals surface area contributed by atoms with E-state index in [1.807, 2.05) is 0 Å². The first-order chi connectivity index (χ1) is 19.0. The van der Waals surface area contributed by atoms with Crippen LogP contribution in [0.3, 0.4) is 0 Å². The molecule has 1 aromatic heterocycles. The van der Waals surface area contributed by atoms with Gasteiger partial charge in [0.1, 0.15) is 29.5 Å². The second-order valence-electron chi connectivity index (χ2n) is 10.3. The molecule has 0 saturated carbocycles. The summed E-state index contributed by atoms with van der Waals surface area (Å²) in [7, 11) is -4.30. The summed E-state index contributed by atoms with van der Waals surface area (Å²) in [5, 5.41) is 13.8. The van der Waals surface area contributed by atoms with Crippen molar-refractivity contribution in [2.75, 3.05) is 46.9 Å². The third-order valence-electron chi connectivity index (χ3n) is 7.37. The Morgan fingerprint density at radius 3 is 2.62 bits per heavy atom. The highest BCUT2D eigenvalue weighted by Crippen LogP contribution is 2.37. The molecule has 5 rings (SSSR count). The van der Waals surface area contributed by atoms with E-state index < -0.39 is 31.8 Å². The summed E-state index contributed by atoms with van der Waals surface area (Å²) >= 11 is 1.05. The molecular formula is C25H33N5O7S3. The molecular weight excluding hydrogens is 579 g/mol. The Morgan fingerprint density at radius 1 is 1.12 bits per heavy atom. The first kappa shape index (κ1) is 29.3. The number of hydrogen-bond acceptors (Lipinski definition) is 11. The van der Waals surface area contributed by atoms with Crippen molar-refractivity contribution in [1.29, 1.82) is 0 Å². The van der Waals surface area contributed by atoms with E-state index in [9.17, 15) is 21.9 Å². The SMILES string of the molecule is CN(C)S(=O)(=O)c1cccc(OCC(O)CNC2COC3(CCN(S(=O)(=O)c4ccc5nsnc5c4)CC3)C2)c1. The zero-order valence-corrected chi connectivity index (χ0v) is 24.7. The highest BCUT2D eigenvalue weighted by molar-refractivity contribution is 7.89. The van der Waals surface area contributed by atoms with Gasteiger partial charge in [-0.3, -0.25) is 0 Å². The van der Waals surface area contributed by atoms with Gasteiger partial charge < -0.3 is 19.9 Å². The third kappa shape index (κ3) is 6.16. The van der Waals surface area contributed by atoms with E-state index in [0.29, 0.717) is 49.3 Å². The van der Waals surface area contributed by atoms with Gasteiger partial charge in [-0.15, -0.1) is 0 Å². The van der Waals surface area contributed by atoms with Crippen molar-refractivity contribution >= 4 is 42.8 Å². The predicted octanol–water partition coefficient (Wildman–Crippen LogP) is 1.28. The monoisotopic (exact) mass is 611 g/mol. The van der Waals surface area contributed by atoms with Crippen LogP contribution in [-0.4, -0.2) is 104 Å². The fourth-order valence-corrected chi connectivity index (χ4v) is 7.94. The summed E-state index contributed by atoms with van der Waals surface area (Å²) in [6, 6.07) is 11.0. The number of hydrogen-bond donors (Lipinski definition) is 2. The number of sulfonamides is 2. The lowest BCUT2D eigenvalue weighted by atomic mass is 9.88. The van der Waals surface area contributed by atoms with E-state index in [1.165, 1.54) is 30.5 Å². The molecule has 2 N–H and O–H groups in total. The van der Waals surface area contributed by atoms with Gasteiger partial charge in [-0.25, -0.2) is 21.1 Å². The number of aliphatic hydroxyl groups excluding tert-OH is 1. The van der Waals surface area contributed by atoms with E-state index in [0.717, 1.165) is 22.5 Å². The van der Waals surface area contributed by atoms with Crippen molar-refractivity contribution in [3.63, 3.8) is 0 Å². The second kappa shape index (κ2) is 11.6. The topological polar surface area (TPSA) is 151 Å². The molecule has 0 aliphatic carbocycles. The van der Waals surface area contributed by atoms with E-state index in [1.54, 1.807) is 30.3 Å². The number of ether oxygens (including phenoxy) is 2. The minimum atomic E-state index is -3.64. The van der Waals surface area contributed by atoms with Crippen molar-refractivity contribution in [2.24, 2.45) is 0 Å². The Balaban J connectivity index is 1.08. The molecule has 3 aromatic rings. The molecule has 0 bridgehead atoms. The summed E-state index contributed by atoms with van der Waals surface area (Å²) in [5.74, 6) is 0.356. The summed E-state index contributed by atoms with van der Waals surface area (Å²) in [5.41, 5.74) is 0.860. The zero-order valence-electron chi connectivity index (χ0n) is 22.3. The number of aromatic nitrogens is 2. The molecule has 15 heteroatoms. The van der Waals surface area contributed by atoms with Gasteiger partial charge in [0.25, 0.3) is 0 Å². The van der Waals surface area contributed by atoms with Crippen LogP contribution in [0.5, 0.6) is 5.75 Å². The molecule has 12 nitrogen and oxygen atoms in total. The average molecular weight is 612 g/mol. The van der Waals surface area contributed by atoms with Crippen LogP contribution in [0.1, 0.15) is 19.3 Å². The molecule has 2 aliphatic heterocycles. The van der Waals surface area contributed by atoms with Crippen molar-refractivity contribution in [2.45, 2.75) is 46.8 Å². The molecule has 40 heavy (non-hydrogen) atoms. The summed E-state index contributed by atoms with van der Waals surface area (Å²) in [6.45, 7) is 1.46. The molecule has 2 unspecified atom stereocenters. The van der Waals surface area contributed by atoms with Gasteiger partial charge in [0, 0.05) is 45.8 Å². The van der Waals surface area contributed by atoms with Crippen LogP contribution in [0.2, 0.25) is 0 Å². The fraction of sp³-hybridized carbons (Fsp3) is 0.520. The number of fused-ring (bicyclic) bond motifs is 1. The van der Waals surface area contributed by atoms with Gasteiger partial charge in [-0.2, -0.15) is 13.1 Å². The summed E-state index contributed by atoms with van der Waals surface area (Å²) < 4.78 is 73.8. The molecule has 2 aromatic carbocycles. The normalized spacial score (nSPS) is 20.9. The molecule has 1 spiro atoms. The predicted molar refractivity (Wildman–Crippen MR) is 149 cm³/mol. The number of nitrogens with one attached hydrogen (secondary N) is 1. The summed E-state index contributed by atoms with van der Waals surface area (Å²) in [6.07, 6.45) is 1.07. The molecule has 2 fully saturated rings. The first-order valence-corrected chi connectivity index (χ1v) is 16.5. The van der Waals surface area contributed by atoms with Gasteiger partial charge in [-0.1, -0.05) is 6.07 Å². The molecule has 0 amide bonds. The van der Waals surface area contributed by atoms with E-state index >= 15 is 0 Å². The van der Waals surface area contributed by atoms with Crippen LogP contribution in [0.15, 0.2) is 52.3 Å².